The molecule has 144 valence electrons. The molecule has 27 heavy (non-hydrogen) atoms. The highest BCUT2D eigenvalue weighted by Gasteiger charge is 2.24. The van der Waals surface area contributed by atoms with Crippen molar-refractivity contribution in [1.82, 2.24) is 4.90 Å². The minimum absolute atomic E-state index is 0.130. The Labute approximate surface area is 166 Å². The normalized spacial score (nSPS) is 15.8. The number of ether oxygens (including phenoxy) is 2. The molecule has 1 aliphatic carbocycles. The molecule has 1 amide bonds. The van der Waals surface area contributed by atoms with Gasteiger partial charge >= 0.3 is 0 Å². The van der Waals surface area contributed by atoms with Crippen LogP contribution >= 0.6 is 11.6 Å². The molecule has 1 aliphatic rings. The summed E-state index contributed by atoms with van der Waals surface area (Å²) in [7, 11) is 5.15. The van der Waals surface area contributed by atoms with Gasteiger partial charge in [-0.3, -0.25) is 4.79 Å². The van der Waals surface area contributed by atoms with Crippen LogP contribution in [0.2, 0.25) is 5.02 Å². The van der Waals surface area contributed by atoms with Crippen LogP contribution in [0.3, 0.4) is 0 Å². The molecular weight excluding hydrogens is 362 g/mol. The molecule has 0 saturated heterocycles. The van der Waals surface area contributed by atoms with Gasteiger partial charge in [0.2, 0.25) is 5.91 Å². The number of amides is 1. The summed E-state index contributed by atoms with van der Waals surface area (Å²) in [6, 6.07) is 11.7. The maximum absolute atomic E-state index is 12.9. The number of hydrogen-bond acceptors (Lipinski definition) is 3. The van der Waals surface area contributed by atoms with Gasteiger partial charge in [-0.1, -0.05) is 17.7 Å². The van der Waals surface area contributed by atoms with Crippen LogP contribution in [0.1, 0.15) is 41.9 Å². The zero-order valence-electron chi connectivity index (χ0n) is 16.1. The summed E-state index contributed by atoms with van der Waals surface area (Å²) in [5.74, 6) is 2.02. The molecule has 0 radical (unpaired) electrons. The Balaban J connectivity index is 1.70. The first-order valence-electron chi connectivity index (χ1n) is 9.25. The van der Waals surface area contributed by atoms with Crippen LogP contribution in [0.25, 0.3) is 0 Å². The Morgan fingerprint density at radius 1 is 1.19 bits per heavy atom. The lowest BCUT2D eigenvalue weighted by molar-refractivity contribution is -0.130. The number of halogens is 1. The molecule has 0 saturated carbocycles. The molecule has 0 spiro atoms. The molecule has 2 aromatic carbocycles. The fraction of sp³-hybridized carbons (Fsp3) is 0.409. The zero-order chi connectivity index (χ0) is 19.4. The van der Waals surface area contributed by atoms with Crippen molar-refractivity contribution >= 4 is 17.5 Å². The number of nitrogens with zero attached hydrogens (tertiary/aromatic N) is 1. The lowest BCUT2D eigenvalue weighted by Crippen LogP contribution is -2.28. The maximum atomic E-state index is 12.9. The highest BCUT2D eigenvalue weighted by atomic mass is 35.5. The van der Waals surface area contributed by atoms with Gasteiger partial charge in [0, 0.05) is 30.6 Å². The molecule has 3 rings (SSSR count). The summed E-state index contributed by atoms with van der Waals surface area (Å²) in [6.07, 6.45) is 3.70. The van der Waals surface area contributed by atoms with Crippen molar-refractivity contribution in [1.29, 1.82) is 0 Å². The number of carbonyl (C=O) groups excluding carboxylic acids is 1. The number of fused-ring (bicyclic) bond motifs is 1. The van der Waals surface area contributed by atoms with E-state index in [4.69, 9.17) is 21.1 Å². The standard InChI is InChI=1S/C22H26ClNO3/c1-24(14-17-11-18(23)7-10-21(17)27-3)22(25)13-16-6-4-5-15-12-19(26-2)8-9-20(15)16/h7-12,16H,4-6,13-14H2,1-3H3. The third-order valence-electron chi connectivity index (χ3n) is 5.29. The quantitative estimate of drug-likeness (QED) is 0.712. The van der Waals surface area contributed by atoms with Crippen LogP contribution in [0, 0.1) is 0 Å². The van der Waals surface area contributed by atoms with Crippen LogP contribution in [0.5, 0.6) is 11.5 Å². The molecule has 0 N–H and O–H groups in total. The van der Waals surface area contributed by atoms with Gasteiger partial charge in [-0.2, -0.15) is 0 Å². The number of carbonyl (C=O) groups is 1. The monoisotopic (exact) mass is 387 g/mol. The first-order chi connectivity index (χ1) is 13.0. The second-order valence-electron chi connectivity index (χ2n) is 7.06. The molecule has 2 aromatic rings. The highest BCUT2D eigenvalue weighted by molar-refractivity contribution is 6.30. The summed E-state index contributed by atoms with van der Waals surface area (Å²) >= 11 is 6.10. The number of methoxy groups -OCH3 is 2. The molecule has 4 nitrogen and oxygen atoms in total. The van der Waals surface area contributed by atoms with E-state index in [2.05, 4.69) is 12.1 Å². The largest absolute Gasteiger partial charge is 0.497 e. The van der Waals surface area contributed by atoms with Gasteiger partial charge in [-0.05, 0) is 66.6 Å². The van der Waals surface area contributed by atoms with Gasteiger partial charge in [-0.25, -0.2) is 0 Å². The second kappa shape index (κ2) is 8.66. The Bertz CT molecular complexity index is 821. The summed E-state index contributed by atoms with van der Waals surface area (Å²) < 4.78 is 10.7. The topological polar surface area (TPSA) is 38.8 Å². The predicted octanol–water partition coefficient (Wildman–Crippen LogP) is 4.83. The number of rotatable bonds is 6. The Hall–Kier alpha value is -2.20. The minimum atomic E-state index is 0.130. The Morgan fingerprint density at radius 3 is 2.74 bits per heavy atom. The fourth-order valence-corrected chi connectivity index (χ4v) is 4.01. The van der Waals surface area contributed by atoms with Crippen LogP contribution in [0.4, 0.5) is 0 Å². The van der Waals surface area contributed by atoms with Gasteiger partial charge in [0.25, 0.3) is 0 Å². The van der Waals surface area contributed by atoms with E-state index in [1.54, 1.807) is 25.2 Å². The van der Waals surface area contributed by atoms with E-state index in [1.165, 1.54) is 11.1 Å². The highest BCUT2D eigenvalue weighted by Crippen LogP contribution is 2.36. The smallest absolute Gasteiger partial charge is 0.223 e. The van der Waals surface area contributed by atoms with Crippen molar-refractivity contribution in [2.24, 2.45) is 0 Å². The summed E-state index contributed by atoms with van der Waals surface area (Å²) in [6.45, 7) is 0.477. The van der Waals surface area contributed by atoms with Crippen molar-refractivity contribution in [2.75, 3.05) is 21.3 Å². The fourth-order valence-electron chi connectivity index (χ4n) is 3.81. The Morgan fingerprint density at radius 2 is 2.00 bits per heavy atom. The van der Waals surface area contributed by atoms with Gasteiger partial charge in [0.05, 0.1) is 14.2 Å². The minimum Gasteiger partial charge on any atom is -0.497 e. The van der Waals surface area contributed by atoms with E-state index in [-0.39, 0.29) is 11.8 Å². The molecule has 5 heteroatoms. The lowest BCUT2D eigenvalue weighted by Gasteiger charge is -2.27. The number of benzene rings is 2. The molecule has 0 bridgehead atoms. The molecule has 0 heterocycles. The van der Waals surface area contributed by atoms with E-state index < -0.39 is 0 Å². The Kier molecular flexibility index (Phi) is 6.27. The van der Waals surface area contributed by atoms with Crippen molar-refractivity contribution in [3.05, 3.63) is 58.1 Å². The number of aryl methyl sites for hydroxylation is 1. The molecule has 1 unspecified atom stereocenters. The third kappa shape index (κ3) is 4.56. The molecular formula is C22H26ClNO3. The van der Waals surface area contributed by atoms with Gasteiger partial charge in [-0.15, -0.1) is 0 Å². The van der Waals surface area contributed by atoms with Gasteiger partial charge in [0.1, 0.15) is 11.5 Å². The van der Waals surface area contributed by atoms with Gasteiger partial charge in [0.15, 0.2) is 0 Å². The van der Waals surface area contributed by atoms with Crippen LogP contribution < -0.4 is 9.47 Å². The average Bonchev–Trinajstić information content (AvgIpc) is 2.67. The maximum Gasteiger partial charge on any atom is 0.223 e. The van der Waals surface area contributed by atoms with E-state index in [0.29, 0.717) is 18.0 Å². The van der Waals surface area contributed by atoms with Crippen molar-refractivity contribution in [2.45, 2.75) is 38.1 Å². The summed E-state index contributed by atoms with van der Waals surface area (Å²) in [5.41, 5.74) is 3.50. The summed E-state index contributed by atoms with van der Waals surface area (Å²) in [4.78, 5) is 14.6. The zero-order valence-corrected chi connectivity index (χ0v) is 16.9. The van der Waals surface area contributed by atoms with E-state index >= 15 is 0 Å². The second-order valence-corrected chi connectivity index (χ2v) is 7.50. The first-order valence-corrected chi connectivity index (χ1v) is 9.62. The van der Waals surface area contributed by atoms with E-state index in [1.807, 2.05) is 25.2 Å². The van der Waals surface area contributed by atoms with E-state index in [0.717, 1.165) is 36.3 Å². The van der Waals surface area contributed by atoms with E-state index in [9.17, 15) is 4.79 Å². The van der Waals surface area contributed by atoms with Crippen LogP contribution in [-0.4, -0.2) is 32.1 Å². The molecule has 1 atom stereocenters. The molecule has 0 aromatic heterocycles. The average molecular weight is 388 g/mol. The number of hydrogen-bond donors (Lipinski definition) is 0. The van der Waals surface area contributed by atoms with Crippen LogP contribution in [0.15, 0.2) is 36.4 Å². The molecule has 0 fully saturated rings. The molecule has 0 aliphatic heterocycles. The van der Waals surface area contributed by atoms with Crippen molar-refractivity contribution in [3.8, 4) is 11.5 Å². The first kappa shape index (κ1) is 19.6. The third-order valence-corrected chi connectivity index (χ3v) is 5.52. The van der Waals surface area contributed by atoms with Crippen molar-refractivity contribution < 1.29 is 14.3 Å². The van der Waals surface area contributed by atoms with Crippen molar-refractivity contribution in [3.63, 3.8) is 0 Å². The van der Waals surface area contributed by atoms with Gasteiger partial charge < -0.3 is 14.4 Å². The van der Waals surface area contributed by atoms with Crippen LogP contribution in [-0.2, 0) is 17.8 Å². The SMILES string of the molecule is COc1ccc2c(c1)CCCC2CC(=O)N(C)Cc1cc(Cl)ccc1OC. The lowest BCUT2D eigenvalue weighted by atomic mass is 9.80. The predicted molar refractivity (Wildman–Crippen MR) is 108 cm³/mol. The summed E-state index contributed by atoms with van der Waals surface area (Å²) in [5, 5.41) is 0.641.